The predicted octanol–water partition coefficient (Wildman–Crippen LogP) is 4.83. The lowest BCUT2D eigenvalue weighted by Crippen LogP contribution is -2.43. The minimum absolute atomic E-state index is 0.101. The third-order valence-electron chi connectivity index (χ3n) is 6.07. The zero-order valence-corrected chi connectivity index (χ0v) is 26.1. The third kappa shape index (κ3) is 19.3. The molecule has 0 saturated heterocycles. The molecule has 1 amide bonds. The maximum Gasteiger partial charge on any atom is 0.286 e. The smallest absolute Gasteiger partial charge is 0.286 e. The minimum atomic E-state index is -0.101. The molecule has 0 aromatic heterocycles. The van der Waals surface area contributed by atoms with Gasteiger partial charge in [-0.25, -0.2) is 0 Å². The molecule has 0 unspecified atom stereocenters. The molecular weight excluding hydrogens is 484 g/mol. The van der Waals surface area contributed by atoms with Crippen LogP contribution in [0.15, 0.2) is 59.6 Å². The number of rotatable bonds is 15. The predicted molar refractivity (Wildman–Crippen MR) is 171 cm³/mol. The Balaban J connectivity index is 0.000000871. The Hall–Kier alpha value is -2.48. The first-order valence-electron chi connectivity index (χ1n) is 15.0. The Morgan fingerprint density at radius 3 is 2.28 bits per heavy atom. The third-order valence-corrected chi connectivity index (χ3v) is 6.07. The highest BCUT2D eigenvalue weighted by Crippen LogP contribution is 2.07. The molecule has 1 aromatic rings. The fraction of sp³-hybridized carbons (Fsp3) is 0.625. The molecule has 0 radical (unpaired) electrons. The number of amidine groups is 1. The molecule has 0 aliphatic carbocycles. The van der Waals surface area contributed by atoms with Gasteiger partial charge in [0.2, 0.25) is 0 Å². The summed E-state index contributed by atoms with van der Waals surface area (Å²) in [6.07, 6.45) is 11.5. The van der Waals surface area contributed by atoms with Gasteiger partial charge in [-0.2, -0.15) is 0 Å². The molecule has 2 N–H and O–H groups in total. The zero-order valence-electron chi connectivity index (χ0n) is 26.1. The fourth-order valence-corrected chi connectivity index (χ4v) is 3.82. The van der Waals surface area contributed by atoms with Crippen molar-refractivity contribution in [2.75, 3.05) is 73.0 Å². The van der Waals surface area contributed by atoms with Crippen molar-refractivity contribution in [1.29, 1.82) is 0 Å². The van der Waals surface area contributed by atoms with Crippen molar-refractivity contribution in [2.24, 2.45) is 4.99 Å². The van der Waals surface area contributed by atoms with Crippen LogP contribution in [0.4, 0.5) is 0 Å². The van der Waals surface area contributed by atoms with E-state index in [0.29, 0.717) is 32.0 Å². The number of carbonyl (C=O) groups excluding carboxylic acids is 1. The number of amides is 1. The Morgan fingerprint density at radius 1 is 0.923 bits per heavy atom. The molecule has 222 valence electrons. The molecule has 0 saturated carbocycles. The van der Waals surface area contributed by atoms with E-state index in [9.17, 15) is 4.79 Å². The number of benzene rings is 1. The van der Waals surface area contributed by atoms with Gasteiger partial charge >= 0.3 is 0 Å². The van der Waals surface area contributed by atoms with Gasteiger partial charge in [-0.05, 0) is 78.2 Å². The maximum absolute atomic E-state index is 12.7. The summed E-state index contributed by atoms with van der Waals surface area (Å²) in [5, 5.41) is 6.26. The molecule has 0 fully saturated rings. The summed E-state index contributed by atoms with van der Waals surface area (Å²) in [6.45, 7) is 19.7. The number of hydrogen-bond acceptors (Lipinski definition) is 6. The molecular formula is C32H58N6O. The maximum atomic E-state index is 12.7. The molecule has 0 atom stereocenters. The second-order valence-corrected chi connectivity index (χ2v) is 9.40. The Bertz CT molecular complexity index is 793. The molecule has 0 bridgehead atoms. The molecule has 1 aliphatic rings. The topological polar surface area (TPSA) is 63.2 Å². The van der Waals surface area contributed by atoms with Gasteiger partial charge < -0.3 is 25.3 Å². The van der Waals surface area contributed by atoms with Crippen molar-refractivity contribution >= 4 is 11.7 Å². The Morgan fingerprint density at radius 2 is 1.62 bits per heavy atom. The van der Waals surface area contributed by atoms with E-state index in [2.05, 4.69) is 78.5 Å². The lowest BCUT2D eigenvalue weighted by atomic mass is 10.2. The van der Waals surface area contributed by atoms with E-state index in [-0.39, 0.29) is 5.91 Å². The van der Waals surface area contributed by atoms with Crippen LogP contribution in [-0.4, -0.2) is 99.4 Å². The molecule has 2 rings (SSSR count). The monoisotopic (exact) mass is 542 g/mol. The molecule has 1 aromatic carbocycles. The van der Waals surface area contributed by atoms with Crippen molar-refractivity contribution in [2.45, 2.75) is 60.4 Å². The Labute approximate surface area is 240 Å². The van der Waals surface area contributed by atoms with Crippen LogP contribution in [0.2, 0.25) is 0 Å². The first-order chi connectivity index (χ1) is 19.0. The van der Waals surface area contributed by atoms with Gasteiger partial charge in [0.1, 0.15) is 0 Å². The largest absolute Gasteiger partial charge is 0.349 e. The van der Waals surface area contributed by atoms with E-state index in [1.807, 2.05) is 55.2 Å². The van der Waals surface area contributed by atoms with Crippen LogP contribution < -0.4 is 10.6 Å². The molecule has 7 heteroatoms. The van der Waals surface area contributed by atoms with Crippen LogP contribution in [-0.2, 0) is 11.3 Å². The SMILES string of the molecule is CC.CCCN(C)CCCN(C)CC.CCNCCCNC(=O)C1=NC/C=C\C=C/CN1Cc1ccccc1. The molecule has 1 aliphatic heterocycles. The minimum Gasteiger partial charge on any atom is -0.349 e. The second kappa shape index (κ2) is 25.8. The van der Waals surface area contributed by atoms with E-state index < -0.39 is 0 Å². The first kappa shape index (κ1) is 36.5. The number of allylic oxidation sites excluding steroid dienone is 2. The van der Waals surface area contributed by atoms with Gasteiger partial charge in [-0.3, -0.25) is 9.79 Å². The van der Waals surface area contributed by atoms with Gasteiger partial charge in [0.05, 0.1) is 6.54 Å². The second-order valence-electron chi connectivity index (χ2n) is 9.40. The average molecular weight is 543 g/mol. The van der Waals surface area contributed by atoms with Crippen LogP contribution in [0.1, 0.15) is 59.4 Å². The van der Waals surface area contributed by atoms with Gasteiger partial charge in [0, 0.05) is 19.6 Å². The molecule has 0 spiro atoms. The summed E-state index contributed by atoms with van der Waals surface area (Å²) >= 11 is 0. The molecule has 1 heterocycles. The van der Waals surface area contributed by atoms with Crippen molar-refractivity contribution in [3.8, 4) is 0 Å². The van der Waals surface area contributed by atoms with Crippen molar-refractivity contribution in [3.05, 3.63) is 60.2 Å². The highest BCUT2D eigenvalue weighted by atomic mass is 16.2. The number of nitrogens with zero attached hydrogens (tertiary/aromatic N) is 4. The average Bonchev–Trinajstić information content (AvgIpc) is 3.07. The molecule has 7 nitrogen and oxygen atoms in total. The number of nitrogens with one attached hydrogen (secondary N) is 2. The summed E-state index contributed by atoms with van der Waals surface area (Å²) in [5.74, 6) is 0.402. The zero-order chi connectivity index (χ0) is 29.1. The number of hydrogen-bond donors (Lipinski definition) is 2. The summed E-state index contributed by atoms with van der Waals surface area (Å²) in [5.41, 5.74) is 1.16. The number of carbonyl (C=O) groups is 1. The molecule has 39 heavy (non-hydrogen) atoms. The van der Waals surface area contributed by atoms with Crippen LogP contribution in [0, 0.1) is 0 Å². The van der Waals surface area contributed by atoms with Gasteiger partial charge in [0.25, 0.3) is 5.91 Å². The number of aliphatic imine (C=N–C) groups is 1. The highest BCUT2D eigenvalue weighted by molar-refractivity contribution is 6.37. The lowest BCUT2D eigenvalue weighted by molar-refractivity contribution is -0.115. The van der Waals surface area contributed by atoms with Gasteiger partial charge in [-0.15, -0.1) is 0 Å². The van der Waals surface area contributed by atoms with Crippen LogP contribution >= 0.6 is 0 Å². The summed E-state index contributed by atoms with van der Waals surface area (Å²) < 4.78 is 0. The van der Waals surface area contributed by atoms with Crippen LogP contribution in [0.25, 0.3) is 0 Å². The fourth-order valence-electron chi connectivity index (χ4n) is 3.82. The summed E-state index contributed by atoms with van der Waals surface area (Å²) in [6, 6.07) is 10.2. The normalized spacial score (nSPS) is 14.6. The quantitative estimate of drug-likeness (QED) is 0.311. The van der Waals surface area contributed by atoms with Gasteiger partial charge in [-0.1, -0.05) is 89.3 Å². The van der Waals surface area contributed by atoms with E-state index in [4.69, 9.17) is 0 Å². The Kier molecular flexibility index (Phi) is 24.1. The van der Waals surface area contributed by atoms with E-state index >= 15 is 0 Å². The van der Waals surface area contributed by atoms with E-state index in [1.54, 1.807) is 0 Å². The summed E-state index contributed by atoms with van der Waals surface area (Å²) in [7, 11) is 4.38. The van der Waals surface area contributed by atoms with E-state index in [0.717, 1.165) is 31.6 Å². The van der Waals surface area contributed by atoms with E-state index in [1.165, 1.54) is 32.5 Å². The van der Waals surface area contributed by atoms with Crippen molar-refractivity contribution in [1.82, 2.24) is 25.3 Å². The van der Waals surface area contributed by atoms with Crippen molar-refractivity contribution < 1.29 is 4.79 Å². The lowest BCUT2D eigenvalue weighted by Gasteiger charge is -2.24. The van der Waals surface area contributed by atoms with Crippen molar-refractivity contribution in [3.63, 3.8) is 0 Å². The standard InChI is InChI=1S/C20H28N4O.C10H24N2.C2H6/c1-2-21-13-10-15-23-20(25)19-22-14-8-3-4-9-16-24(19)17-18-11-6-5-7-12-18;1-5-8-12(4)10-7-9-11(3)6-2;1-2/h3-9,11-12,21H,2,10,13-17H2,1H3,(H,23,25);5-10H2,1-4H3;1-2H3/b8-3-,9-4-,22-19?;;. The first-order valence-corrected chi connectivity index (χ1v) is 15.0. The summed E-state index contributed by atoms with van der Waals surface area (Å²) in [4.78, 5) is 24.0. The van der Waals surface area contributed by atoms with Gasteiger partial charge in [0.15, 0.2) is 5.84 Å². The highest BCUT2D eigenvalue weighted by Gasteiger charge is 2.19. The van der Waals surface area contributed by atoms with Crippen LogP contribution in [0.3, 0.4) is 0 Å². The van der Waals surface area contributed by atoms with Crippen LogP contribution in [0.5, 0.6) is 0 Å².